The summed E-state index contributed by atoms with van der Waals surface area (Å²) < 4.78 is 29.6. The molecule has 0 bridgehead atoms. The van der Waals surface area contributed by atoms with Gasteiger partial charge in [-0.15, -0.1) is 0 Å². The first-order valence-corrected chi connectivity index (χ1v) is 7.53. The molecule has 0 saturated heterocycles. The lowest BCUT2D eigenvalue weighted by Gasteiger charge is -2.20. The molecule has 106 valence electrons. The van der Waals surface area contributed by atoms with Crippen molar-refractivity contribution in [3.8, 4) is 0 Å². The van der Waals surface area contributed by atoms with Gasteiger partial charge in [0.05, 0.1) is 18.0 Å². The van der Waals surface area contributed by atoms with Crippen molar-refractivity contribution in [2.75, 3.05) is 23.3 Å². The van der Waals surface area contributed by atoms with Gasteiger partial charge in [-0.25, -0.2) is 13.2 Å². The standard InChI is InChI=1S/C11H15ClN2O4S/c1-2-18-7-8-19(16,17)14(11(13)15)10-5-3-9(12)4-6-10/h3-6H,2,7-8H2,1H3,(H2,13,15). The number of hydrogen-bond acceptors (Lipinski definition) is 4. The summed E-state index contributed by atoms with van der Waals surface area (Å²) in [5.41, 5.74) is 5.28. The third-order valence-corrected chi connectivity index (χ3v) is 4.11. The maximum atomic E-state index is 12.0. The van der Waals surface area contributed by atoms with Crippen LogP contribution in [0.2, 0.25) is 5.02 Å². The molecule has 1 aromatic carbocycles. The van der Waals surface area contributed by atoms with Crippen molar-refractivity contribution < 1.29 is 17.9 Å². The van der Waals surface area contributed by atoms with Crippen molar-refractivity contribution in [1.29, 1.82) is 0 Å². The molecule has 8 heteroatoms. The zero-order valence-corrected chi connectivity index (χ0v) is 11.9. The number of sulfonamides is 1. The van der Waals surface area contributed by atoms with E-state index in [9.17, 15) is 13.2 Å². The van der Waals surface area contributed by atoms with E-state index in [0.29, 0.717) is 15.9 Å². The van der Waals surface area contributed by atoms with E-state index in [1.54, 1.807) is 6.92 Å². The molecule has 0 spiro atoms. The second-order valence-corrected chi connectivity index (χ2v) is 5.97. The van der Waals surface area contributed by atoms with Gasteiger partial charge in [-0.05, 0) is 31.2 Å². The number of anilines is 1. The van der Waals surface area contributed by atoms with Crippen LogP contribution in [0.3, 0.4) is 0 Å². The Morgan fingerprint density at radius 1 is 1.37 bits per heavy atom. The lowest BCUT2D eigenvalue weighted by molar-refractivity contribution is 0.163. The number of ether oxygens (including phenoxy) is 1. The number of carbonyl (C=O) groups is 1. The summed E-state index contributed by atoms with van der Waals surface area (Å²) in [6.07, 6.45) is 0. The Labute approximate surface area is 117 Å². The Morgan fingerprint density at radius 2 is 1.95 bits per heavy atom. The second-order valence-electron chi connectivity index (χ2n) is 3.59. The highest BCUT2D eigenvalue weighted by molar-refractivity contribution is 7.93. The minimum atomic E-state index is -3.87. The van der Waals surface area contributed by atoms with Gasteiger partial charge in [-0.3, -0.25) is 0 Å². The molecule has 0 atom stereocenters. The van der Waals surface area contributed by atoms with E-state index in [2.05, 4.69) is 0 Å². The molecular formula is C11H15ClN2O4S. The number of primary amides is 1. The van der Waals surface area contributed by atoms with Crippen molar-refractivity contribution in [2.45, 2.75) is 6.92 Å². The number of hydrogen-bond donors (Lipinski definition) is 1. The van der Waals surface area contributed by atoms with Gasteiger partial charge in [0.15, 0.2) is 0 Å². The molecule has 1 aromatic rings. The Balaban J connectivity index is 3.00. The zero-order valence-electron chi connectivity index (χ0n) is 10.4. The predicted molar refractivity (Wildman–Crippen MR) is 73.8 cm³/mol. The largest absolute Gasteiger partial charge is 0.381 e. The molecule has 2 amide bonds. The van der Waals surface area contributed by atoms with Crippen LogP contribution in [-0.4, -0.2) is 33.4 Å². The molecule has 0 aliphatic carbocycles. The highest BCUT2D eigenvalue weighted by atomic mass is 35.5. The summed E-state index contributed by atoms with van der Waals surface area (Å²) in [5, 5.41) is 0.430. The van der Waals surface area contributed by atoms with Gasteiger partial charge in [0, 0.05) is 11.6 Å². The molecule has 0 saturated carbocycles. The lowest BCUT2D eigenvalue weighted by Crippen LogP contribution is -2.42. The van der Waals surface area contributed by atoms with Gasteiger partial charge >= 0.3 is 6.03 Å². The topological polar surface area (TPSA) is 89.7 Å². The van der Waals surface area contributed by atoms with Crippen LogP contribution in [0, 0.1) is 0 Å². The summed E-state index contributed by atoms with van der Waals surface area (Å²) in [6.45, 7) is 2.14. The molecule has 0 heterocycles. The highest BCUT2D eigenvalue weighted by Crippen LogP contribution is 2.21. The van der Waals surface area contributed by atoms with E-state index in [1.807, 2.05) is 0 Å². The first kappa shape index (κ1) is 15.7. The second kappa shape index (κ2) is 6.74. The third kappa shape index (κ3) is 4.38. The number of carbonyl (C=O) groups excluding carboxylic acids is 1. The van der Waals surface area contributed by atoms with Crippen molar-refractivity contribution in [1.82, 2.24) is 0 Å². The monoisotopic (exact) mass is 306 g/mol. The van der Waals surface area contributed by atoms with Crippen molar-refractivity contribution >= 4 is 33.3 Å². The molecule has 0 fully saturated rings. The molecule has 2 N–H and O–H groups in total. The maximum Gasteiger partial charge on any atom is 0.333 e. The van der Waals surface area contributed by atoms with Crippen molar-refractivity contribution in [3.05, 3.63) is 29.3 Å². The number of rotatable bonds is 6. The summed E-state index contributed by atoms with van der Waals surface area (Å²) in [5.74, 6) is -0.327. The van der Waals surface area contributed by atoms with Gasteiger partial charge in [-0.2, -0.15) is 4.31 Å². The van der Waals surface area contributed by atoms with Crippen LogP contribution in [0.4, 0.5) is 10.5 Å². The number of halogens is 1. The van der Waals surface area contributed by atoms with Crippen molar-refractivity contribution in [2.24, 2.45) is 5.73 Å². The average Bonchev–Trinajstić information content (AvgIpc) is 2.31. The van der Waals surface area contributed by atoms with E-state index in [0.717, 1.165) is 0 Å². The Bertz CT molecular complexity index is 530. The maximum absolute atomic E-state index is 12.0. The van der Waals surface area contributed by atoms with Gasteiger partial charge in [0.25, 0.3) is 0 Å². The average molecular weight is 307 g/mol. The van der Waals surface area contributed by atoms with E-state index < -0.39 is 16.1 Å². The molecule has 0 aromatic heterocycles. The summed E-state index contributed by atoms with van der Waals surface area (Å²) in [6, 6.07) is 4.70. The molecule has 0 aliphatic rings. The normalized spacial score (nSPS) is 11.3. The fraction of sp³-hybridized carbons (Fsp3) is 0.364. The molecule has 0 unspecified atom stereocenters. The van der Waals surface area contributed by atoms with Crippen molar-refractivity contribution in [3.63, 3.8) is 0 Å². The smallest absolute Gasteiger partial charge is 0.333 e. The van der Waals surface area contributed by atoms with Gasteiger partial charge in [0.2, 0.25) is 10.0 Å². The molecule has 19 heavy (non-hydrogen) atoms. The first-order chi connectivity index (χ1) is 8.88. The fourth-order valence-electron chi connectivity index (χ4n) is 1.40. The van der Waals surface area contributed by atoms with Gasteiger partial charge in [-0.1, -0.05) is 11.6 Å². The highest BCUT2D eigenvalue weighted by Gasteiger charge is 2.27. The zero-order chi connectivity index (χ0) is 14.5. The van der Waals surface area contributed by atoms with E-state index >= 15 is 0 Å². The molecule has 1 rings (SSSR count). The summed E-state index contributed by atoms with van der Waals surface area (Å²) in [4.78, 5) is 11.4. The van der Waals surface area contributed by atoms with E-state index in [1.165, 1.54) is 24.3 Å². The van der Waals surface area contributed by atoms with Crippen LogP contribution in [0.15, 0.2) is 24.3 Å². The van der Waals surface area contributed by atoms with Crippen LogP contribution in [0.25, 0.3) is 0 Å². The van der Waals surface area contributed by atoms with E-state index in [4.69, 9.17) is 22.1 Å². The van der Waals surface area contributed by atoms with Crippen LogP contribution in [0.1, 0.15) is 6.92 Å². The molecule has 0 aliphatic heterocycles. The molecule has 6 nitrogen and oxygen atoms in total. The minimum absolute atomic E-state index is 0.00377. The Kier molecular flexibility index (Phi) is 5.59. The fourth-order valence-corrected chi connectivity index (χ4v) is 2.76. The van der Waals surface area contributed by atoms with Crippen LogP contribution >= 0.6 is 11.6 Å². The third-order valence-electron chi connectivity index (χ3n) is 2.23. The number of amides is 2. The predicted octanol–water partition coefficient (Wildman–Crippen LogP) is 1.59. The number of benzene rings is 1. The summed E-state index contributed by atoms with van der Waals surface area (Å²) in [7, 11) is -3.87. The minimum Gasteiger partial charge on any atom is -0.381 e. The molecule has 0 radical (unpaired) electrons. The SMILES string of the molecule is CCOCCS(=O)(=O)N(C(N)=O)c1ccc(Cl)cc1. The molecular weight excluding hydrogens is 292 g/mol. The van der Waals surface area contributed by atoms with Crippen LogP contribution < -0.4 is 10.0 Å². The van der Waals surface area contributed by atoms with Gasteiger partial charge < -0.3 is 10.5 Å². The Morgan fingerprint density at radius 3 is 2.42 bits per heavy atom. The quantitative estimate of drug-likeness (QED) is 0.808. The van der Waals surface area contributed by atoms with Crippen LogP contribution in [-0.2, 0) is 14.8 Å². The van der Waals surface area contributed by atoms with Crippen LogP contribution in [0.5, 0.6) is 0 Å². The number of nitrogens with zero attached hydrogens (tertiary/aromatic N) is 1. The van der Waals surface area contributed by atoms with Gasteiger partial charge in [0.1, 0.15) is 0 Å². The lowest BCUT2D eigenvalue weighted by atomic mass is 10.3. The number of nitrogens with two attached hydrogens (primary N) is 1. The van der Waals surface area contributed by atoms with E-state index in [-0.39, 0.29) is 18.0 Å². The number of urea groups is 1. The first-order valence-electron chi connectivity index (χ1n) is 5.54. The summed E-state index contributed by atoms with van der Waals surface area (Å²) >= 11 is 5.71. The Hall–Kier alpha value is -1.31.